The number of aliphatic hydroxyl groups excluding tert-OH is 1. The van der Waals surface area contributed by atoms with Gasteiger partial charge in [0.1, 0.15) is 5.60 Å². The van der Waals surface area contributed by atoms with Crippen LogP contribution in [0.5, 0.6) is 0 Å². The van der Waals surface area contributed by atoms with Crippen molar-refractivity contribution in [3.8, 4) is 0 Å². The van der Waals surface area contributed by atoms with Crippen molar-refractivity contribution in [3.05, 3.63) is 3.92 Å². The van der Waals surface area contributed by atoms with Crippen LogP contribution in [0.25, 0.3) is 0 Å². The van der Waals surface area contributed by atoms with Gasteiger partial charge in [-0.3, -0.25) is 0 Å². The number of nitrogens with zero attached hydrogens (tertiary/aromatic N) is 2. The molecular formula is C6H10BrN3O2S. The molecule has 0 saturated heterocycles. The molecule has 74 valence electrons. The Labute approximate surface area is 87.9 Å². The van der Waals surface area contributed by atoms with Crippen LogP contribution in [0.4, 0.5) is 5.13 Å². The standard InChI is InChI=1S/C6H10BrN3O2S/c1-6(12,3-11)2-8-5-10-9-4(7)13-5/h11-12H,2-3H2,1H3,(H,8,10). The van der Waals surface area contributed by atoms with Crippen LogP contribution in [0.15, 0.2) is 3.92 Å². The number of anilines is 1. The van der Waals surface area contributed by atoms with Gasteiger partial charge in [0.05, 0.1) is 6.61 Å². The molecule has 1 heterocycles. The third-order valence-electron chi connectivity index (χ3n) is 1.36. The van der Waals surface area contributed by atoms with E-state index >= 15 is 0 Å². The van der Waals surface area contributed by atoms with Crippen molar-refractivity contribution in [2.75, 3.05) is 18.5 Å². The Morgan fingerprint density at radius 2 is 2.31 bits per heavy atom. The first-order chi connectivity index (χ1) is 6.03. The number of rotatable bonds is 4. The second-order valence-electron chi connectivity index (χ2n) is 2.87. The van der Waals surface area contributed by atoms with Gasteiger partial charge in [0.2, 0.25) is 5.13 Å². The predicted octanol–water partition coefficient (Wildman–Crippen LogP) is 0.456. The molecule has 1 unspecified atom stereocenters. The lowest BCUT2D eigenvalue weighted by molar-refractivity contribution is 0.0132. The van der Waals surface area contributed by atoms with E-state index in [2.05, 4.69) is 31.4 Å². The summed E-state index contributed by atoms with van der Waals surface area (Å²) in [5.74, 6) is 0. The van der Waals surface area contributed by atoms with Gasteiger partial charge in [0.25, 0.3) is 0 Å². The van der Waals surface area contributed by atoms with Crippen molar-refractivity contribution < 1.29 is 10.2 Å². The SMILES string of the molecule is CC(O)(CO)CNc1nnc(Br)s1. The van der Waals surface area contributed by atoms with E-state index in [1.165, 1.54) is 18.3 Å². The molecule has 0 aliphatic carbocycles. The molecule has 1 aromatic rings. The lowest BCUT2D eigenvalue weighted by Gasteiger charge is -2.19. The zero-order valence-corrected chi connectivity index (χ0v) is 9.39. The molecule has 1 rings (SSSR count). The summed E-state index contributed by atoms with van der Waals surface area (Å²) in [6.45, 7) is 1.49. The third-order valence-corrected chi connectivity index (χ3v) is 2.68. The van der Waals surface area contributed by atoms with Gasteiger partial charge in [-0.05, 0) is 22.9 Å². The summed E-state index contributed by atoms with van der Waals surface area (Å²) in [6, 6.07) is 0. The van der Waals surface area contributed by atoms with Crippen LogP contribution in [-0.2, 0) is 0 Å². The van der Waals surface area contributed by atoms with Gasteiger partial charge in [-0.1, -0.05) is 11.3 Å². The van der Waals surface area contributed by atoms with Gasteiger partial charge in [-0.15, -0.1) is 10.2 Å². The van der Waals surface area contributed by atoms with Crippen LogP contribution >= 0.6 is 27.3 Å². The van der Waals surface area contributed by atoms with E-state index in [4.69, 9.17) is 5.11 Å². The monoisotopic (exact) mass is 267 g/mol. The highest BCUT2D eigenvalue weighted by Crippen LogP contribution is 2.20. The minimum absolute atomic E-state index is 0.241. The Hall–Kier alpha value is -0.240. The summed E-state index contributed by atoms with van der Waals surface area (Å²) >= 11 is 4.49. The molecule has 0 bridgehead atoms. The topological polar surface area (TPSA) is 78.3 Å². The highest BCUT2D eigenvalue weighted by molar-refractivity contribution is 9.11. The van der Waals surface area contributed by atoms with Crippen LogP contribution in [0.2, 0.25) is 0 Å². The van der Waals surface area contributed by atoms with E-state index < -0.39 is 5.60 Å². The molecule has 1 atom stereocenters. The fourth-order valence-corrected chi connectivity index (χ4v) is 1.61. The van der Waals surface area contributed by atoms with E-state index in [9.17, 15) is 5.11 Å². The number of nitrogens with one attached hydrogen (secondary N) is 1. The molecule has 3 N–H and O–H groups in total. The summed E-state index contributed by atoms with van der Waals surface area (Å²) in [7, 11) is 0. The zero-order chi connectivity index (χ0) is 9.90. The second-order valence-corrected chi connectivity index (χ2v) is 5.12. The van der Waals surface area contributed by atoms with Crippen LogP contribution in [0, 0.1) is 0 Å². The van der Waals surface area contributed by atoms with Crippen LogP contribution < -0.4 is 5.32 Å². The Morgan fingerprint density at radius 3 is 2.77 bits per heavy atom. The Bertz CT molecular complexity index is 279. The van der Waals surface area contributed by atoms with Crippen molar-refractivity contribution >= 4 is 32.4 Å². The van der Waals surface area contributed by atoms with Crippen LogP contribution in [0.3, 0.4) is 0 Å². The Morgan fingerprint density at radius 1 is 1.62 bits per heavy atom. The van der Waals surface area contributed by atoms with Crippen LogP contribution in [-0.4, -0.2) is 39.2 Å². The minimum Gasteiger partial charge on any atom is -0.393 e. The molecule has 0 radical (unpaired) electrons. The summed E-state index contributed by atoms with van der Waals surface area (Å²) < 4.78 is 0.679. The first kappa shape index (κ1) is 10.8. The quantitative estimate of drug-likeness (QED) is 0.739. The molecule has 0 fully saturated rings. The smallest absolute Gasteiger partial charge is 0.206 e. The Balaban J connectivity index is 2.43. The van der Waals surface area contributed by atoms with Crippen molar-refractivity contribution in [1.29, 1.82) is 0 Å². The van der Waals surface area contributed by atoms with Gasteiger partial charge >= 0.3 is 0 Å². The maximum atomic E-state index is 9.42. The molecule has 0 aromatic carbocycles. The van der Waals surface area contributed by atoms with Gasteiger partial charge in [0.15, 0.2) is 3.92 Å². The number of halogens is 1. The van der Waals surface area contributed by atoms with Crippen molar-refractivity contribution in [2.24, 2.45) is 0 Å². The molecule has 0 aliphatic heterocycles. The average molecular weight is 268 g/mol. The van der Waals surface area contributed by atoms with E-state index in [-0.39, 0.29) is 13.2 Å². The van der Waals surface area contributed by atoms with Gasteiger partial charge in [0, 0.05) is 6.54 Å². The lowest BCUT2D eigenvalue weighted by atomic mass is 10.1. The molecule has 1 aromatic heterocycles. The predicted molar refractivity (Wildman–Crippen MR) is 53.8 cm³/mol. The van der Waals surface area contributed by atoms with Crippen molar-refractivity contribution in [3.63, 3.8) is 0 Å². The summed E-state index contributed by atoms with van der Waals surface area (Å²) in [6.07, 6.45) is 0. The molecule has 7 heteroatoms. The molecule has 0 saturated carbocycles. The molecule has 0 amide bonds. The van der Waals surface area contributed by atoms with E-state index in [0.717, 1.165) is 0 Å². The molecule has 13 heavy (non-hydrogen) atoms. The maximum Gasteiger partial charge on any atom is 0.206 e. The maximum absolute atomic E-state index is 9.42. The van der Waals surface area contributed by atoms with Crippen molar-refractivity contribution in [1.82, 2.24) is 10.2 Å². The average Bonchev–Trinajstić information content (AvgIpc) is 2.48. The highest BCUT2D eigenvalue weighted by atomic mass is 79.9. The molecule has 0 aliphatic rings. The number of aromatic nitrogens is 2. The zero-order valence-electron chi connectivity index (χ0n) is 6.99. The first-order valence-corrected chi connectivity index (χ1v) is 5.20. The fraction of sp³-hybridized carbons (Fsp3) is 0.667. The van der Waals surface area contributed by atoms with Crippen molar-refractivity contribution in [2.45, 2.75) is 12.5 Å². The minimum atomic E-state index is -1.13. The number of hydrogen-bond acceptors (Lipinski definition) is 6. The fourth-order valence-electron chi connectivity index (χ4n) is 0.599. The first-order valence-electron chi connectivity index (χ1n) is 3.59. The normalized spacial score (nSPS) is 15.4. The lowest BCUT2D eigenvalue weighted by Crippen LogP contribution is -2.37. The van der Waals surface area contributed by atoms with E-state index in [1.54, 1.807) is 0 Å². The molecule has 5 nitrogen and oxygen atoms in total. The summed E-state index contributed by atoms with van der Waals surface area (Å²) in [5, 5.41) is 29.1. The highest BCUT2D eigenvalue weighted by Gasteiger charge is 2.18. The molecular weight excluding hydrogens is 258 g/mol. The van der Waals surface area contributed by atoms with E-state index in [0.29, 0.717) is 9.05 Å². The van der Waals surface area contributed by atoms with Gasteiger partial charge in [-0.2, -0.15) is 0 Å². The van der Waals surface area contributed by atoms with Gasteiger partial charge in [-0.25, -0.2) is 0 Å². The number of aliphatic hydroxyl groups is 2. The van der Waals surface area contributed by atoms with Gasteiger partial charge < -0.3 is 15.5 Å². The van der Waals surface area contributed by atoms with Crippen LogP contribution in [0.1, 0.15) is 6.92 Å². The summed E-state index contributed by atoms with van der Waals surface area (Å²) in [5.41, 5.74) is -1.13. The summed E-state index contributed by atoms with van der Waals surface area (Å²) in [4.78, 5) is 0. The Kier molecular flexibility index (Phi) is 3.60. The largest absolute Gasteiger partial charge is 0.393 e. The third kappa shape index (κ3) is 3.55. The molecule has 0 spiro atoms. The number of hydrogen-bond donors (Lipinski definition) is 3. The van der Waals surface area contributed by atoms with E-state index in [1.807, 2.05) is 0 Å². The second kappa shape index (κ2) is 4.32.